The average molecular weight is 352 g/mol. The number of hydrogen-bond donors (Lipinski definition) is 2. The number of para-hydroxylation sites is 1. The number of rotatable bonds is 3. The maximum Gasteiger partial charge on any atom is 0.293 e. The van der Waals surface area contributed by atoms with Crippen LogP contribution in [0.15, 0.2) is 43.9 Å². The van der Waals surface area contributed by atoms with E-state index in [-0.39, 0.29) is 21.9 Å². The average Bonchev–Trinajstić information content (AvgIpc) is 2.96. The summed E-state index contributed by atoms with van der Waals surface area (Å²) in [6, 6.07) is 7.51. The van der Waals surface area contributed by atoms with Crippen LogP contribution in [0, 0.1) is 0 Å². The van der Waals surface area contributed by atoms with Gasteiger partial charge in [0.1, 0.15) is 5.58 Å². The molecular weight excluding hydrogens is 344 g/mol. The molecule has 2 heterocycles. The zero-order valence-electron chi connectivity index (χ0n) is 11.2. The van der Waals surface area contributed by atoms with Crippen LogP contribution in [0.2, 0.25) is 0 Å². The summed E-state index contributed by atoms with van der Waals surface area (Å²) in [5.74, 6) is -0.994. The van der Waals surface area contributed by atoms with Crippen LogP contribution >= 0.6 is 11.3 Å². The van der Waals surface area contributed by atoms with E-state index in [9.17, 15) is 18.0 Å². The highest BCUT2D eigenvalue weighted by atomic mass is 32.2. The molecule has 2 aromatic heterocycles. The largest absolute Gasteiger partial charge is 0.451 e. The summed E-state index contributed by atoms with van der Waals surface area (Å²) in [7, 11) is -4.00. The lowest BCUT2D eigenvalue weighted by Crippen LogP contribution is -2.14. The first-order valence-corrected chi connectivity index (χ1v) is 8.41. The van der Waals surface area contributed by atoms with E-state index in [0.29, 0.717) is 16.7 Å². The Bertz CT molecular complexity index is 1070. The van der Waals surface area contributed by atoms with E-state index in [1.54, 1.807) is 24.3 Å². The fraction of sp³-hybridized carbons (Fsp3) is 0. The van der Waals surface area contributed by atoms with E-state index >= 15 is 0 Å². The number of hydrogen-bond acceptors (Lipinski definition) is 8. The van der Waals surface area contributed by atoms with Gasteiger partial charge in [-0.3, -0.25) is 14.9 Å². The van der Waals surface area contributed by atoms with Gasteiger partial charge in [-0.25, -0.2) is 13.6 Å². The number of nitrogens with one attached hydrogen (secondary N) is 1. The van der Waals surface area contributed by atoms with Crippen molar-refractivity contribution in [2.24, 2.45) is 5.14 Å². The van der Waals surface area contributed by atoms with E-state index in [1.165, 1.54) is 0 Å². The number of anilines is 1. The Kier molecular flexibility index (Phi) is 3.67. The number of aromatic nitrogens is 2. The lowest BCUT2D eigenvalue weighted by molar-refractivity contribution is 0.0997. The number of carbonyl (C=O) groups is 1. The van der Waals surface area contributed by atoms with Crippen molar-refractivity contribution in [1.29, 1.82) is 0 Å². The number of carbonyl (C=O) groups excluding carboxylic acids is 1. The molecule has 0 saturated heterocycles. The van der Waals surface area contributed by atoms with E-state index in [1.807, 2.05) is 0 Å². The molecule has 0 unspecified atom stereocenters. The maximum absolute atomic E-state index is 12.1. The predicted octanol–water partition coefficient (Wildman–Crippen LogP) is 0.544. The molecule has 0 aliphatic heterocycles. The SMILES string of the molecule is NS(=O)(=O)c1nnc(NC(=O)c2cc(=O)c3ccccc3o2)s1. The van der Waals surface area contributed by atoms with Gasteiger partial charge in [0, 0.05) is 6.07 Å². The topological polar surface area (TPSA) is 145 Å². The summed E-state index contributed by atoms with van der Waals surface area (Å²) in [6.07, 6.45) is 0. The lowest BCUT2D eigenvalue weighted by Gasteiger charge is -2.02. The monoisotopic (exact) mass is 352 g/mol. The van der Waals surface area contributed by atoms with Gasteiger partial charge in [-0.15, -0.1) is 10.2 Å². The molecule has 0 aliphatic rings. The van der Waals surface area contributed by atoms with Gasteiger partial charge < -0.3 is 4.42 Å². The first kappa shape index (κ1) is 15.3. The minimum Gasteiger partial charge on any atom is -0.451 e. The molecule has 11 heteroatoms. The van der Waals surface area contributed by atoms with E-state index in [2.05, 4.69) is 15.5 Å². The van der Waals surface area contributed by atoms with Crippen molar-refractivity contribution < 1.29 is 17.6 Å². The Balaban J connectivity index is 1.92. The molecule has 118 valence electrons. The zero-order valence-corrected chi connectivity index (χ0v) is 12.8. The molecule has 1 aromatic carbocycles. The molecule has 0 atom stereocenters. The van der Waals surface area contributed by atoms with Gasteiger partial charge in [-0.1, -0.05) is 23.5 Å². The van der Waals surface area contributed by atoms with Gasteiger partial charge in [0.05, 0.1) is 5.39 Å². The summed E-state index contributed by atoms with van der Waals surface area (Å²) < 4.78 is 27.1. The van der Waals surface area contributed by atoms with Crippen LogP contribution < -0.4 is 15.9 Å². The van der Waals surface area contributed by atoms with Crippen molar-refractivity contribution in [2.45, 2.75) is 4.34 Å². The second-order valence-electron chi connectivity index (χ2n) is 4.34. The van der Waals surface area contributed by atoms with Crippen molar-refractivity contribution in [3.63, 3.8) is 0 Å². The summed E-state index contributed by atoms with van der Waals surface area (Å²) in [5.41, 5.74) is -0.118. The van der Waals surface area contributed by atoms with Gasteiger partial charge in [-0.2, -0.15) is 0 Å². The van der Waals surface area contributed by atoms with Crippen LogP contribution in [0.1, 0.15) is 10.6 Å². The normalized spacial score (nSPS) is 11.5. The van der Waals surface area contributed by atoms with Gasteiger partial charge >= 0.3 is 0 Å². The molecule has 0 radical (unpaired) electrons. The van der Waals surface area contributed by atoms with E-state index < -0.39 is 20.3 Å². The number of nitrogens with two attached hydrogens (primary N) is 1. The zero-order chi connectivity index (χ0) is 16.6. The fourth-order valence-electron chi connectivity index (χ4n) is 1.75. The molecule has 0 aliphatic carbocycles. The number of nitrogens with zero attached hydrogens (tertiary/aromatic N) is 2. The molecule has 1 amide bonds. The van der Waals surface area contributed by atoms with Crippen LogP contribution in [-0.2, 0) is 10.0 Å². The van der Waals surface area contributed by atoms with Crippen LogP contribution in [0.4, 0.5) is 5.13 Å². The highest BCUT2D eigenvalue weighted by Gasteiger charge is 2.18. The Morgan fingerprint density at radius 3 is 2.70 bits per heavy atom. The van der Waals surface area contributed by atoms with Gasteiger partial charge in [0.25, 0.3) is 15.9 Å². The number of primary sulfonamides is 1. The van der Waals surface area contributed by atoms with E-state index in [4.69, 9.17) is 9.56 Å². The Morgan fingerprint density at radius 1 is 1.26 bits per heavy atom. The molecular formula is C12H8N4O5S2. The summed E-state index contributed by atoms with van der Waals surface area (Å²) in [5, 5.41) is 14.3. The summed E-state index contributed by atoms with van der Waals surface area (Å²) in [6.45, 7) is 0. The molecule has 0 saturated carbocycles. The third-order valence-electron chi connectivity index (χ3n) is 2.73. The summed E-state index contributed by atoms with van der Waals surface area (Å²) >= 11 is 0.584. The molecule has 0 fully saturated rings. The molecule has 3 N–H and O–H groups in total. The van der Waals surface area contributed by atoms with Crippen molar-refractivity contribution in [3.8, 4) is 0 Å². The molecule has 3 rings (SSSR count). The number of sulfonamides is 1. The van der Waals surface area contributed by atoms with Crippen LogP contribution in [0.5, 0.6) is 0 Å². The minimum atomic E-state index is -4.00. The van der Waals surface area contributed by atoms with Gasteiger partial charge in [-0.05, 0) is 12.1 Å². The Labute approximate surface area is 132 Å². The Morgan fingerprint density at radius 2 is 2.00 bits per heavy atom. The third-order valence-corrected chi connectivity index (χ3v) is 4.88. The first-order chi connectivity index (χ1) is 10.8. The molecule has 23 heavy (non-hydrogen) atoms. The number of amides is 1. The number of benzene rings is 1. The number of fused-ring (bicyclic) bond motifs is 1. The van der Waals surface area contributed by atoms with Gasteiger partial charge in [0.15, 0.2) is 11.2 Å². The first-order valence-electron chi connectivity index (χ1n) is 6.05. The highest BCUT2D eigenvalue weighted by molar-refractivity contribution is 7.91. The van der Waals surface area contributed by atoms with Crippen molar-refractivity contribution in [1.82, 2.24) is 10.2 Å². The summed E-state index contributed by atoms with van der Waals surface area (Å²) in [4.78, 5) is 24.0. The second kappa shape index (κ2) is 5.53. The molecule has 0 bridgehead atoms. The second-order valence-corrected chi connectivity index (χ2v) is 7.06. The minimum absolute atomic E-state index is 0.0881. The van der Waals surface area contributed by atoms with Crippen LogP contribution in [0.3, 0.4) is 0 Å². The van der Waals surface area contributed by atoms with Crippen LogP contribution in [-0.4, -0.2) is 24.5 Å². The third kappa shape index (κ3) is 3.11. The van der Waals surface area contributed by atoms with Crippen molar-refractivity contribution in [3.05, 3.63) is 46.3 Å². The smallest absolute Gasteiger partial charge is 0.293 e. The molecule has 9 nitrogen and oxygen atoms in total. The standard InChI is InChI=1S/C12H8N4O5S2/c13-23(19,20)12-16-15-11(22-12)14-10(18)9-5-7(17)6-3-1-2-4-8(6)21-9/h1-5H,(H2,13,19,20)(H,14,15,18). The lowest BCUT2D eigenvalue weighted by atomic mass is 10.2. The van der Waals surface area contributed by atoms with E-state index in [0.717, 1.165) is 6.07 Å². The van der Waals surface area contributed by atoms with Crippen molar-refractivity contribution >= 4 is 43.4 Å². The van der Waals surface area contributed by atoms with Crippen LogP contribution in [0.25, 0.3) is 11.0 Å². The molecule has 0 spiro atoms. The Hall–Kier alpha value is -2.63. The maximum atomic E-state index is 12.1. The van der Waals surface area contributed by atoms with Gasteiger partial charge in [0.2, 0.25) is 9.47 Å². The fourth-order valence-corrected chi connectivity index (χ4v) is 3.08. The van der Waals surface area contributed by atoms with Crippen molar-refractivity contribution in [2.75, 3.05) is 5.32 Å². The quantitative estimate of drug-likeness (QED) is 0.654. The highest BCUT2D eigenvalue weighted by Crippen LogP contribution is 2.19. The predicted molar refractivity (Wildman–Crippen MR) is 81.7 cm³/mol. The molecule has 3 aromatic rings.